The van der Waals surface area contributed by atoms with Crippen molar-refractivity contribution in [1.82, 2.24) is 0 Å². The molecule has 2 heteroatoms. The Balaban J connectivity index is 2.04. The van der Waals surface area contributed by atoms with E-state index in [0.717, 1.165) is 0 Å². The lowest BCUT2D eigenvalue weighted by Gasteiger charge is -2.01. The van der Waals surface area contributed by atoms with E-state index in [9.17, 15) is 0 Å². The summed E-state index contributed by atoms with van der Waals surface area (Å²) in [5, 5.41) is 0. The van der Waals surface area contributed by atoms with E-state index < -0.39 is 0 Å². The third kappa shape index (κ3) is 2.06. The fourth-order valence-corrected chi connectivity index (χ4v) is 4.11. The van der Waals surface area contributed by atoms with Gasteiger partial charge < -0.3 is 4.74 Å². The molecule has 1 aromatic carbocycles. The summed E-state index contributed by atoms with van der Waals surface area (Å²) in [5.74, 6) is 2.53. The van der Waals surface area contributed by atoms with Crippen LogP contribution in [0.15, 0.2) is 35.2 Å². The van der Waals surface area contributed by atoms with Gasteiger partial charge in [0.15, 0.2) is 4.90 Å². The summed E-state index contributed by atoms with van der Waals surface area (Å²) in [6, 6.07) is 10.8. The second kappa shape index (κ2) is 4.16. The largest absolute Gasteiger partial charge is 0.376 e. The van der Waals surface area contributed by atoms with Gasteiger partial charge in [-0.25, -0.2) is 0 Å². The van der Waals surface area contributed by atoms with Crippen LogP contribution in [0.1, 0.15) is 6.42 Å². The number of methoxy groups -OCH3 is 1. The molecule has 0 radical (unpaired) electrons. The van der Waals surface area contributed by atoms with Gasteiger partial charge in [-0.3, -0.25) is 0 Å². The van der Waals surface area contributed by atoms with Gasteiger partial charge in [0.1, 0.15) is 17.6 Å². The molecule has 0 spiro atoms. The molecule has 1 aliphatic heterocycles. The van der Waals surface area contributed by atoms with E-state index in [1.807, 2.05) is 7.11 Å². The first-order valence-corrected chi connectivity index (χ1v) is 6.22. The minimum absolute atomic E-state index is 0.454. The highest BCUT2D eigenvalue weighted by Gasteiger charge is 2.34. The summed E-state index contributed by atoms with van der Waals surface area (Å²) in [5.41, 5.74) is 0. The van der Waals surface area contributed by atoms with E-state index in [-0.39, 0.29) is 0 Å². The first-order valence-electron chi connectivity index (χ1n) is 4.65. The molecular formula is C11H15OS+. The average molecular weight is 195 g/mol. The normalized spacial score (nSPS) is 27.8. The van der Waals surface area contributed by atoms with Gasteiger partial charge in [-0.1, -0.05) is 18.2 Å². The van der Waals surface area contributed by atoms with Crippen molar-refractivity contribution in [3.8, 4) is 0 Å². The molecule has 70 valence electrons. The Hall–Kier alpha value is -0.470. The molecule has 0 N–H and O–H groups in total. The van der Waals surface area contributed by atoms with Crippen LogP contribution in [0.4, 0.5) is 0 Å². The average Bonchev–Trinajstić information content (AvgIpc) is 2.67. The van der Waals surface area contributed by atoms with Crippen molar-refractivity contribution >= 4 is 10.9 Å². The van der Waals surface area contributed by atoms with Crippen molar-refractivity contribution in [3.63, 3.8) is 0 Å². The summed E-state index contributed by atoms with van der Waals surface area (Å²) in [4.78, 5) is 1.50. The standard InChI is InChI=1S/C11H15OS/c1-12-10-7-8-13(9-10)11-5-3-2-4-6-11/h2-6,10H,7-9H2,1H3/q+1. The summed E-state index contributed by atoms with van der Waals surface area (Å²) >= 11 is 0. The Bertz CT molecular complexity index is 260. The van der Waals surface area contributed by atoms with Crippen LogP contribution in [0.2, 0.25) is 0 Å². The lowest BCUT2D eigenvalue weighted by Crippen LogP contribution is -2.12. The van der Waals surface area contributed by atoms with Gasteiger partial charge in [0.05, 0.1) is 0 Å². The highest BCUT2D eigenvalue weighted by molar-refractivity contribution is 7.97. The maximum Gasteiger partial charge on any atom is 0.154 e. The van der Waals surface area contributed by atoms with Gasteiger partial charge in [-0.2, -0.15) is 0 Å². The smallest absolute Gasteiger partial charge is 0.154 e. The molecule has 1 heterocycles. The maximum absolute atomic E-state index is 5.37. The number of ether oxygens (including phenoxy) is 1. The molecule has 0 saturated carbocycles. The van der Waals surface area contributed by atoms with Gasteiger partial charge in [0, 0.05) is 24.4 Å². The molecule has 1 fully saturated rings. The number of benzene rings is 1. The molecule has 13 heavy (non-hydrogen) atoms. The van der Waals surface area contributed by atoms with Crippen LogP contribution in [-0.2, 0) is 15.6 Å². The maximum atomic E-state index is 5.37. The lowest BCUT2D eigenvalue weighted by atomic mass is 10.3. The van der Waals surface area contributed by atoms with E-state index in [0.29, 0.717) is 17.0 Å². The minimum atomic E-state index is 0.454. The van der Waals surface area contributed by atoms with E-state index in [4.69, 9.17) is 4.74 Å². The second-order valence-corrected chi connectivity index (χ2v) is 5.52. The van der Waals surface area contributed by atoms with Crippen LogP contribution in [0.25, 0.3) is 0 Å². The van der Waals surface area contributed by atoms with E-state index >= 15 is 0 Å². The van der Waals surface area contributed by atoms with E-state index in [1.54, 1.807) is 0 Å². The van der Waals surface area contributed by atoms with Crippen molar-refractivity contribution in [1.29, 1.82) is 0 Å². The van der Waals surface area contributed by atoms with E-state index in [1.165, 1.54) is 22.8 Å². The Kier molecular flexibility index (Phi) is 2.91. The van der Waals surface area contributed by atoms with Crippen LogP contribution in [0, 0.1) is 0 Å². The van der Waals surface area contributed by atoms with Gasteiger partial charge in [0.2, 0.25) is 0 Å². The van der Waals surface area contributed by atoms with Crippen LogP contribution >= 0.6 is 0 Å². The SMILES string of the molecule is COC1CC[S+](c2ccccc2)C1. The summed E-state index contributed by atoms with van der Waals surface area (Å²) < 4.78 is 5.37. The van der Waals surface area contributed by atoms with Crippen LogP contribution in [0.5, 0.6) is 0 Å². The zero-order valence-corrected chi connectivity index (χ0v) is 8.72. The summed E-state index contributed by atoms with van der Waals surface area (Å²) in [6.45, 7) is 0. The second-order valence-electron chi connectivity index (χ2n) is 3.32. The molecule has 0 amide bonds. The van der Waals surface area contributed by atoms with Gasteiger partial charge >= 0.3 is 0 Å². The zero-order chi connectivity index (χ0) is 9.10. The fraction of sp³-hybridized carbons (Fsp3) is 0.455. The molecule has 2 rings (SSSR count). The molecule has 2 atom stereocenters. The van der Waals surface area contributed by atoms with Gasteiger partial charge in [-0.15, -0.1) is 0 Å². The van der Waals surface area contributed by atoms with Crippen molar-refractivity contribution in [2.24, 2.45) is 0 Å². The Labute approximate surface area is 82.5 Å². The quantitative estimate of drug-likeness (QED) is 0.657. The molecule has 0 aromatic heterocycles. The zero-order valence-electron chi connectivity index (χ0n) is 7.90. The molecule has 1 aromatic rings. The predicted octanol–water partition coefficient (Wildman–Crippen LogP) is 2.08. The lowest BCUT2D eigenvalue weighted by molar-refractivity contribution is 0.124. The first kappa shape index (κ1) is 9.10. The molecule has 1 nitrogen and oxygen atoms in total. The first-order chi connectivity index (χ1) is 6.40. The Morgan fingerprint density at radius 1 is 1.31 bits per heavy atom. The van der Waals surface area contributed by atoms with Crippen molar-refractivity contribution in [2.75, 3.05) is 18.6 Å². The summed E-state index contributed by atoms with van der Waals surface area (Å²) in [6.07, 6.45) is 1.73. The molecule has 1 saturated heterocycles. The topological polar surface area (TPSA) is 9.23 Å². The Morgan fingerprint density at radius 2 is 2.08 bits per heavy atom. The van der Waals surface area contributed by atoms with Crippen molar-refractivity contribution < 1.29 is 4.74 Å². The third-order valence-electron chi connectivity index (χ3n) is 2.48. The monoisotopic (exact) mass is 195 g/mol. The fourth-order valence-electron chi connectivity index (χ4n) is 1.68. The molecule has 2 unspecified atom stereocenters. The number of hydrogen-bond donors (Lipinski definition) is 0. The molecule has 0 aliphatic carbocycles. The van der Waals surface area contributed by atoms with Gasteiger partial charge in [0.25, 0.3) is 0 Å². The van der Waals surface area contributed by atoms with Crippen molar-refractivity contribution in [2.45, 2.75) is 17.4 Å². The molecule has 1 aliphatic rings. The predicted molar refractivity (Wildman–Crippen MR) is 57.2 cm³/mol. The number of rotatable bonds is 2. The number of hydrogen-bond acceptors (Lipinski definition) is 1. The summed E-state index contributed by atoms with van der Waals surface area (Å²) in [7, 11) is 2.28. The molecular weight excluding hydrogens is 180 g/mol. The third-order valence-corrected chi connectivity index (χ3v) is 4.92. The minimum Gasteiger partial charge on any atom is -0.376 e. The highest BCUT2D eigenvalue weighted by Crippen LogP contribution is 2.24. The van der Waals surface area contributed by atoms with Crippen LogP contribution in [-0.4, -0.2) is 24.7 Å². The van der Waals surface area contributed by atoms with Crippen molar-refractivity contribution in [3.05, 3.63) is 30.3 Å². The van der Waals surface area contributed by atoms with Gasteiger partial charge in [-0.05, 0) is 12.1 Å². The van der Waals surface area contributed by atoms with Crippen LogP contribution < -0.4 is 0 Å². The molecule has 0 bridgehead atoms. The van der Waals surface area contributed by atoms with E-state index in [2.05, 4.69) is 30.3 Å². The highest BCUT2D eigenvalue weighted by atomic mass is 32.2. The van der Waals surface area contributed by atoms with Crippen LogP contribution in [0.3, 0.4) is 0 Å². The Morgan fingerprint density at radius 3 is 2.69 bits per heavy atom.